The minimum atomic E-state index is -0.389. The number of hydrogen-bond acceptors (Lipinski definition) is 4. The van der Waals surface area contributed by atoms with Crippen molar-refractivity contribution in [1.29, 1.82) is 5.26 Å². The fourth-order valence-corrected chi connectivity index (χ4v) is 3.04. The molecule has 1 aromatic carbocycles. The van der Waals surface area contributed by atoms with Crippen LogP contribution >= 0.6 is 15.9 Å². The molecule has 1 aromatic heterocycles. The van der Waals surface area contributed by atoms with Gasteiger partial charge in [-0.2, -0.15) is 5.26 Å². The minimum Gasteiger partial charge on any atom is -0.492 e. The maximum atomic E-state index is 12.0. The number of aromatic amines is 1. The summed E-state index contributed by atoms with van der Waals surface area (Å²) in [6, 6.07) is 9.41. The fourth-order valence-electron chi connectivity index (χ4n) is 2.66. The minimum absolute atomic E-state index is 0.105. The van der Waals surface area contributed by atoms with Crippen LogP contribution in [0.3, 0.4) is 0 Å². The number of ether oxygens (including phenoxy) is 1. The summed E-state index contributed by atoms with van der Waals surface area (Å²) in [6.07, 6.45) is 0.733. The van der Waals surface area contributed by atoms with E-state index in [0.29, 0.717) is 30.8 Å². The number of H-pyrrole nitrogens is 1. The molecule has 0 bridgehead atoms. The van der Waals surface area contributed by atoms with Gasteiger partial charge in [-0.3, -0.25) is 9.59 Å². The summed E-state index contributed by atoms with van der Waals surface area (Å²) >= 11 is 3.37. The molecule has 26 heavy (non-hydrogen) atoms. The molecule has 7 heteroatoms. The number of nitrogens with zero attached hydrogens (tertiary/aromatic N) is 1. The van der Waals surface area contributed by atoms with Crippen molar-refractivity contribution in [3.05, 3.63) is 61.5 Å². The lowest BCUT2D eigenvalue weighted by Crippen LogP contribution is -2.28. The molecule has 2 rings (SSSR count). The number of carbonyl (C=O) groups is 1. The average molecular weight is 418 g/mol. The predicted molar refractivity (Wildman–Crippen MR) is 102 cm³/mol. The Morgan fingerprint density at radius 2 is 2.15 bits per heavy atom. The zero-order valence-corrected chi connectivity index (χ0v) is 16.3. The normalized spacial score (nSPS) is 10.2. The Morgan fingerprint density at radius 1 is 1.38 bits per heavy atom. The Bertz CT molecular complexity index is 900. The number of aryl methyl sites for hydroxylation is 1. The van der Waals surface area contributed by atoms with Crippen LogP contribution in [0.4, 0.5) is 0 Å². The summed E-state index contributed by atoms with van der Waals surface area (Å²) in [4.78, 5) is 26.4. The molecular formula is C19H20BrN3O3. The van der Waals surface area contributed by atoms with E-state index in [4.69, 9.17) is 10.00 Å². The number of hydrogen-bond donors (Lipinski definition) is 2. The number of nitriles is 1. The zero-order chi connectivity index (χ0) is 19.1. The van der Waals surface area contributed by atoms with Crippen LogP contribution in [-0.2, 0) is 11.2 Å². The summed E-state index contributed by atoms with van der Waals surface area (Å²) in [6.45, 7) is 4.28. The first-order valence-corrected chi connectivity index (χ1v) is 8.99. The summed E-state index contributed by atoms with van der Waals surface area (Å²) in [5.74, 6) is 0.628. The molecule has 0 radical (unpaired) electrons. The highest BCUT2D eigenvalue weighted by molar-refractivity contribution is 9.10. The number of benzene rings is 1. The maximum absolute atomic E-state index is 12.0. The van der Waals surface area contributed by atoms with Crippen LogP contribution in [0.5, 0.6) is 5.75 Å². The van der Waals surface area contributed by atoms with E-state index in [2.05, 4.69) is 26.2 Å². The molecule has 1 heterocycles. The van der Waals surface area contributed by atoms with Crippen molar-refractivity contribution in [3.63, 3.8) is 0 Å². The van der Waals surface area contributed by atoms with Crippen LogP contribution in [-0.4, -0.2) is 24.0 Å². The molecule has 0 aliphatic rings. The Balaban J connectivity index is 1.82. The van der Waals surface area contributed by atoms with Gasteiger partial charge in [0, 0.05) is 16.6 Å². The third-order valence-corrected chi connectivity index (χ3v) is 4.50. The van der Waals surface area contributed by atoms with Gasteiger partial charge in [0.25, 0.3) is 5.56 Å². The molecule has 0 saturated carbocycles. The molecule has 0 aliphatic carbocycles. The smallest absolute Gasteiger partial charge is 0.266 e. The lowest BCUT2D eigenvalue weighted by Gasteiger charge is -2.11. The quantitative estimate of drug-likeness (QED) is 0.676. The van der Waals surface area contributed by atoms with Crippen molar-refractivity contribution in [2.45, 2.75) is 26.7 Å². The molecule has 6 nitrogen and oxygen atoms in total. The van der Waals surface area contributed by atoms with E-state index >= 15 is 0 Å². The summed E-state index contributed by atoms with van der Waals surface area (Å²) in [5, 5.41) is 11.9. The fraction of sp³-hybridized carbons (Fsp3) is 0.316. The van der Waals surface area contributed by atoms with Crippen LogP contribution in [0, 0.1) is 25.2 Å². The third kappa shape index (κ3) is 5.20. The van der Waals surface area contributed by atoms with E-state index in [9.17, 15) is 9.59 Å². The topological polar surface area (TPSA) is 95.0 Å². The molecule has 0 spiro atoms. The Kier molecular flexibility index (Phi) is 6.98. The molecule has 0 aliphatic heterocycles. The summed E-state index contributed by atoms with van der Waals surface area (Å²) < 4.78 is 6.49. The first-order valence-electron chi connectivity index (χ1n) is 8.20. The number of aromatic nitrogens is 1. The van der Waals surface area contributed by atoms with Crippen molar-refractivity contribution in [1.82, 2.24) is 10.3 Å². The van der Waals surface area contributed by atoms with Crippen molar-refractivity contribution in [3.8, 4) is 11.8 Å². The number of rotatable bonds is 7. The molecule has 0 atom stereocenters. The van der Waals surface area contributed by atoms with Gasteiger partial charge in [0.2, 0.25) is 5.91 Å². The van der Waals surface area contributed by atoms with E-state index in [0.717, 1.165) is 15.8 Å². The van der Waals surface area contributed by atoms with Gasteiger partial charge < -0.3 is 15.0 Å². The Hall–Kier alpha value is -2.59. The van der Waals surface area contributed by atoms with Gasteiger partial charge in [0.15, 0.2) is 0 Å². The first-order chi connectivity index (χ1) is 12.4. The second kappa shape index (κ2) is 9.20. The molecule has 0 fully saturated rings. The molecule has 136 valence electrons. The number of pyridine rings is 1. The molecule has 2 N–H and O–H groups in total. The van der Waals surface area contributed by atoms with Crippen molar-refractivity contribution >= 4 is 21.8 Å². The number of halogens is 1. The molecule has 0 saturated heterocycles. The van der Waals surface area contributed by atoms with E-state index in [1.807, 2.05) is 30.3 Å². The molecular weight excluding hydrogens is 398 g/mol. The first kappa shape index (κ1) is 19.7. The maximum Gasteiger partial charge on any atom is 0.266 e. The van der Waals surface area contributed by atoms with Gasteiger partial charge in [0.1, 0.15) is 24.0 Å². The predicted octanol–water partition coefficient (Wildman–Crippen LogP) is 2.75. The SMILES string of the molecule is Cc1[nH]c(=O)c(C#N)c(C)c1CCC(=O)NCCOc1cccc(Br)c1. The average Bonchev–Trinajstić information content (AvgIpc) is 2.58. The van der Waals surface area contributed by atoms with E-state index in [-0.39, 0.29) is 23.5 Å². The lowest BCUT2D eigenvalue weighted by molar-refractivity contribution is -0.121. The van der Waals surface area contributed by atoms with Crippen molar-refractivity contribution < 1.29 is 9.53 Å². The summed E-state index contributed by atoms with van der Waals surface area (Å²) in [5.41, 5.74) is 1.88. The zero-order valence-electron chi connectivity index (χ0n) is 14.7. The highest BCUT2D eigenvalue weighted by Gasteiger charge is 2.13. The molecule has 1 amide bonds. The Morgan fingerprint density at radius 3 is 2.85 bits per heavy atom. The van der Waals surface area contributed by atoms with Gasteiger partial charge in [-0.25, -0.2) is 0 Å². The van der Waals surface area contributed by atoms with Crippen LogP contribution in [0.25, 0.3) is 0 Å². The second-order valence-electron chi connectivity index (χ2n) is 5.83. The third-order valence-electron chi connectivity index (χ3n) is 4.01. The van der Waals surface area contributed by atoms with Crippen molar-refractivity contribution in [2.75, 3.05) is 13.2 Å². The van der Waals surface area contributed by atoms with Gasteiger partial charge in [-0.05, 0) is 49.6 Å². The Labute approximate surface area is 160 Å². The van der Waals surface area contributed by atoms with E-state index in [1.54, 1.807) is 13.8 Å². The largest absolute Gasteiger partial charge is 0.492 e. The van der Waals surface area contributed by atoms with Gasteiger partial charge in [-0.15, -0.1) is 0 Å². The van der Waals surface area contributed by atoms with Gasteiger partial charge in [0.05, 0.1) is 6.54 Å². The number of carbonyl (C=O) groups excluding carboxylic acids is 1. The van der Waals surface area contributed by atoms with E-state index in [1.165, 1.54) is 0 Å². The van der Waals surface area contributed by atoms with Gasteiger partial charge in [-0.1, -0.05) is 22.0 Å². The summed E-state index contributed by atoms with van der Waals surface area (Å²) in [7, 11) is 0. The highest BCUT2D eigenvalue weighted by Crippen LogP contribution is 2.17. The monoisotopic (exact) mass is 417 g/mol. The number of amides is 1. The lowest BCUT2D eigenvalue weighted by atomic mass is 9.99. The molecule has 0 unspecified atom stereocenters. The van der Waals surface area contributed by atoms with E-state index < -0.39 is 0 Å². The second-order valence-corrected chi connectivity index (χ2v) is 6.74. The van der Waals surface area contributed by atoms with Crippen LogP contribution in [0.2, 0.25) is 0 Å². The van der Waals surface area contributed by atoms with Gasteiger partial charge >= 0.3 is 0 Å². The van der Waals surface area contributed by atoms with Crippen LogP contribution < -0.4 is 15.6 Å². The van der Waals surface area contributed by atoms with Crippen LogP contribution in [0.15, 0.2) is 33.5 Å². The standard InChI is InChI=1S/C19H20BrN3O3/c1-12-16(13(2)23-19(25)17(12)11-21)6-7-18(24)22-8-9-26-15-5-3-4-14(20)10-15/h3-5,10H,6-9H2,1-2H3,(H,22,24)(H,23,25). The van der Waals surface area contributed by atoms with Crippen molar-refractivity contribution in [2.24, 2.45) is 0 Å². The molecule has 2 aromatic rings. The van der Waals surface area contributed by atoms with Crippen LogP contribution in [0.1, 0.15) is 28.8 Å². The highest BCUT2D eigenvalue weighted by atomic mass is 79.9. The number of nitrogens with one attached hydrogen (secondary N) is 2.